The van der Waals surface area contributed by atoms with Gasteiger partial charge in [0.25, 0.3) is 0 Å². The Kier molecular flexibility index (Phi) is 9.07. The molecule has 0 radical (unpaired) electrons. The molecule has 1 rings (SSSR count). The van der Waals surface area contributed by atoms with E-state index in [1.165, 1.54) is 25.9 Å². The third kappa shape index (κ3) is 7.98. The lowest BCUT2D eigenvalue weighted by Crippen LogP contribution is -2.35. The van der Waals surface area contributed by atoms with Crippen LogP contribution in [0.15, 0.2) is 0 Å². The van der Waals surface area contributed by atoms with Crippen molar-refractivity contribution < 1.29 is 14.3 Å². The van der Waals surface area contributed by atoms with Crippen LogP contribution in [-0.4, -0.2) is 56.7 Å². The quantitative estimate of drug-likeness (QED) is 0.578. The second kappa shape index (κ2) is 10.3. The van der Waals surface area contributed by atoms with Crippen LogP contribution in [0.25, 0.3) is 0 Å². The molecule has 0 aliphatic carbocycles. The standard InChI is InChI=1S/C16H31NO3/c1-14(2)16(18)6-10-19-12-13-20-11-9-17-7-4-15(3)5-8-17/h14-15H,4-13H2,1-3H3. The number of rotatable bonds is 10. The van der Waals surface area contributed by atoms with Crippen molar-refractivity contribution in [1.29, 1.82) is 0 Å². The summed E-state index contributed by atoms with van der Waals surface area (Å²) in [5.41, 5.74) is 0. The largest absolute Gasteiger partial charge is 0.379 e. The summed E-state index contributed by atoms with van der Waals surface area (Å²) in [6.45, 7) is 12.1. The lowest BCUT2D eigenvalue weighted by molar-refractivity contribution is -0.123. The van der Waals surface area contributed by atoms with Gasteiger partial charge in [-0.1, -0.05) is 20.8 Å². The fraction of sp³-hybridized carbons (Fsp3) is 0.938. The molecule has 0 aromatic heterocycles. The Morgan fingerprint density at radius 2 is 1.70 bits per heavy atom. The number of Topliss-reactive ketones (excluding diaryl/α,β-unsaturated/α-hetero) is 1. The minimum atomic E-state index is 0.113. The Morgan fingerprint density at radius 3 is 2.30 bits per heavy atom. The molecule has 4 nitrogen and oxygen atoms in total. The smallest absolute Gasteiger partial charge is 0.137 e. The molecule has 0 aromatic rings. The van der Waals surface area contributed by atoms with Gasteiger partial charge in [-0.2, -0.15) is 0 Å². The molecule has 0 aromatic carbocycles. The third-order valence-corrected chi connectivity index (χ3v) is 3.94. The summed E-state index contributed by atoms with van der Waals surface area (Å²) in [5.74, 6) is 1.27. The van der Waals surface area contributed by atoms with Gasteiger partial charge in [-0.15, -0.1) is 0 Å². The number of hydrogen-bond acceptors (Lipinski definition) is 4. The predicted octanol–water partition coefficient (Wildman–Crippen LogP) is 2.37. The van der Waals surface area contributed by atoms with Gasteiger partial charge in [0.15, 0.2) is 0 Å². The highest BCUT2D eigenvalue weighted by atomic mass is 16.5. The molecule has 1 aliphatic rings. The highest BCUT2D eigenvalue weighted by Crippen LogP contribution is 2.15. The first-order chi connectivity index (χ1) is 9.59. The normalized spacial score (nSPS) is 17.8. The maximum Gasteiger partial charge on any atom is 0.137 e. The lowest BCUT2D eigenvalue weighted by atomic mass is 9.99. The number of carbonyl (C=O) groups is 1. The lowest BCUT2D eigenvalue weighted by Gasteiger charge is -2.29. The van der Waals surface area contributed by atoms with Crippen molar-refractivity contribution in [2.75, 3.05) is 46.1 Å². The molecule has 0 saturated carbocycles. The van der Waals surface area contributed by atoms with Crippen LogP contribution in [0, 0.1) is 11.8 Å². The summed E-state index contributed by atoms with van der Waals surface area (Å²) >= 11 is 0. The Morgan fingerprint density at radius 1 is 1.10 bits per heavy atom. The first-order valence-electron chi connectivity index (χ1n) is 8.00. The highest BCUT2D eigenvalue weighted by Gasteiger charge is 2.14. The zero-order valence-corrected chi connectivity index (χ0v) is 13.4. The van der Waals surface area contributed by atoms with E-state index in [0.717, 1.165) is 19.1 Å². The van der Waals surface area contributed by atoms with Crippen molar-refractivity contribution in [1.82, 2.24) is 4.90 Å². The Hall–Kier alpha value is -0.450. The molecule has 0 bridgehead atoms. The van der Waals surface area contributed by atoms with E-state index in [2.05, 4.69) is 11.8 Å². The second-order valence-electron chi connectivity index (χ2n) is 6.12. The number of nitrogens with zero attached hydrogens (tertiary/aromatic N) is 1. The van der Waals surface area contributed by atoms with Crippen LogP contribution in [0.1, 0.15) is 40.0 Å². The van der Waals surface area contributed by atoms with E-state index >= 15 is 0 Å². The van der Waals surface area contributed by atoms with Crippen molar-refractivity contribution in [3.05, 3.63) is 0 Å². The van der Waals surface area contributed by atoms with Crippen LogP contribution in [0.2, 0.25) is 0 Å². The van der Waals surface area contributed by atoms with Gasteiger partial charge >= 0.3 is 0 Å². The average molecular weight is 285 g/mol. The van der Waals surface area contributed by atoms with Gasteiger partial charge in [0.2, 0.25) is 0 Å². The molecular formula is C16H31NO3. The molecule has 0 spiro atoms. The fourth-order valence-electron chi connectivity index (χ4n) is 2.26. The molecule has 0 N–H and O–H groups in total. The summed E-state index contributed by atoms with van der Waals surface area (Å²) in [7, 11) is 0. The van der Waals surface area contributed by atoms with E-state index in [1.807, 2.05) is 13.8 Å². The molecule has 1 fully saturated rings. The van der Waals surface area contributed by atoms with Gasteiger partial charge < -0.3 is 14.4 Å². The number of ketones is 1. The minimum Gasteiger partial charge on any atom is -0.379 e. The number of likely N-dealkylation sites (tertiary alicyclic amines) is 1. The van der Waals surface area contributed by atoms with Crippen LogP contribution in [0.5, 0.6) is 0 Å². The average Bonchev–Trinajstić information content (AvgIpc) is 2.43. The van der Waals surface area contributed by atoms with Crippen molar-refractivity contribution in [2.45, 2.75) is 40.0 Å². The molecule has 20 heavy (non-hydrogen) atoms. The van der Waals surface area contributed by atoms with Gasteiger partial charge in [0.1, 0.15) is 5.78 Å². The minimum absolute atomic E-state index is 0.113. The molecule has 1 heterocycles. The summed E-state index contributed by atoms with van der Waals surface area (Å²) in [6, 6.07) is 0. The zero-order valence-electron chi connectivity index (χ0n) is 13.4. The third-order valence-electron chi connectivity index (χ3n) is 3.94. The monoisotopic (exact) mass is 285 g/mol. The molecule has 118 valence electrons. The Bertz CT molecular complexity index is 260. The molecule has 0 unspecified atom stereocenters. The summed E-state index contributed by atoms with van der Waals surface area (Å²) < 4.78 is 11.0. The van der Waals surface area contributed by atoms with Gasteiger partial charge in [-0.3, -0.25) is 4.79 Å². The number of ether oxygens (including phenoxy) is 2. The Labute approximate surface area is 123 Å². The van der Waals surface area contributed by atoms with Gasteiger partial charge in [0, 0.05) is 18.9 Å². The molecule has 1 saturated heterocycles. The number of carbonyl (C=O) groups excluding carboxylic acids is 1. The Balaban J connectivity index is 1.84. The van der Waals surface area contributed by atoms with E-state index in [0.29, 0.717) is 26.2 Å². The zero-order chi connectivity index (χ0) is 14.8. The van der Waals surface area contributed by atoms with Crippen LogP contribution in [0.4, 0.5) is 0 Å². The number of hydrogen-bond donors (Lipinski definition) is 0. The van der Waals surface area contributed by atoms with Crippen molar-refractivity contribution in [3.8, 4) is 0 Å². The highest BCUT2D eigenvalue weighted by molar-refractivity contribution is 5.80. The van der Waals surface area contributed by atoms with Gasteiger partial charge in [-0.25, -0.2) is 0 Å². The van der Waals surface area contributed by atoms with Crippen molar-refractivity contribution in [3.63, 3.8) is 0 Å². The van der Waals surface area contributed by atoms with E-state index in [4.69, 9.17) is 9.47 Å². The second-order valence-corrected chi connectivity index (χ2v) is 6.12. The van der Waals surface area contributed by atoms with Crippen LogP contribution < -0.4 is 0 Å². The summed E-state index contributed by atoms with van der Waals surface area (Å²) in [5, 5.41) is 0. The van der Waals surface area contributed by atoms with E-state index in [-0.39, 0.29) is 11.7 Å². The van der Waals surface area contributed by atoms with Crippen molar-refractivity contribution in [2.24, 2.45) is 11.8 Å². The van der Waals surface area contributed by atoms with Crippen LogP contribution in [-0.2, 0) is 14.3 Å². The van der Waals surface area contributed by atoms with E-state index in [9.17, 15) is 4.79 Å². The van der Waals surface area contributed by atoms with Gasteiger partial charge in [0.05, 0.1) is 26.4 Å². The summed E-state index contributed by atoms with van der Waals surface area (Å²) in [4.78, 5) is 13.8. The molecular weight excluding hydrogens is 254 g/mol. The first-order valence-corrected chi connectivity index (χ1v) is 8.00. The summed E-state index contributed by atoms with van der Waals surface area (Å²) in [6.07, 6.45) is 3.14. The topological polar surface area (TPSA) is 38.8 Å². The molecule has 0 atom stereocenters. The van der Waals surface area contributed by atoms with Crippen molar-refractivity contribution >= 4 is 5.78 Å². The SMILES string of the molecule is CC1CCN(CCOCCOCCC(=O)C(C)C)CC1. The van der Waals surface area contributed by atoms with Crippen LogP contribution in [0.3, 0.4) is 0 Å². The molecule has 1 aliphatic heterocycles. The maximum absolute atomic E-state index is 11.4. The molecule has 0 amide bonds. The first kappa shape index (κ1) is 17.6. The van der Waals surface area contributed by atoms with Crippen LogP contribution >= 0.6 is 0 Å². The number of piperidine rings is 1. The predicted molar refractivity (Wildman–Crippen MR) is 80.9 cm³/mol. The van der Waals surface area contributed by atoms with Gasteiger partial charge in [-0.05, 0) is 31.8 Å². The van der Waals surface area contributed by atoms with E-state index < -0.39 is 0 Å². The molecule has 4 heteroatoms. The maximum atomic E-state index is 11.4. The van der Waals surface area contributed by atoms with E-state index in [1.54, 1.807) is 0 Å². The fourth-order valence-corrected chi connectivity index (χ4v) is 2.26.